The van der Waals surface area contributed by atoms with Gasteiger partial charge >= 0.3 is 11.9 Å². The lowest BCUT2D eigenvalue weighted by Gasteiger charge is -2.03. The first-order valence-corrected chi connectivity index (χ1v) is 5.56. The van der Waals surface area contributed by atoms with E-state index in [1.165, 1.54) is 0 Å². The molecule has 0 unspecified atom stereocenters. The Morgan fingerprint density at radius 1 is 0.875 bits per heavy atom. The van der Waals surface area contributed by atoms with E-state index in [2.05, 4.69) is 22.6 Å². The van der Waals surface area contributed by atoms with Gasteiger partial charge in [0.05, 0.1) is 13.2 Å². The van der Waals surface area contributed by atoms with Gasteiger partial charge in [0.25, 0.3) is 0 Å². The molecular weight excluding hydrogens is 208 g/mol. The molecule has 0 bridgehead atoms. The molecule has 0 rings (SSSR count). The Labute approximate surface area is 97.6 Å². The van der Waals surface area contributed by atoms with Gasteiger partial charge in [0, 0.05) is 0 Å². The van der Waals surface area contributed by atoms with Crippen molar-refractivity contribution < 1.29 is 19.1 Å². The minimum absolute atomic E-state index is 0.290. The molecule has 0 aromatic rings. The summed E-state index contributed by atoms with van der Waals surface area (Å²) in [6, 6.07) is 0. The van der Waals surface area contributed by atoms with Gasteiger partial charge < -0.3 is 9.47 Å². The predicted octanol–water partition coefficient (Wildman–Crippen LogP) is 2.48. The van der Waals surface area contributed by atoms with Crippen LogP contribution in [0.1, 0.15) is 39.5 Å². The molecule has 0 radical (unpaired) electrons. The smallest absolute Gasteiger partial charge is 0.417 e. The van der Waals surface area contributed by atoms with Crippen LogP contribution in [0.3, 0.4) is 0 Å². The molecule has 4 heteroatoms. The summed E-state index contributed by atoms with van der Waals surface area (Å²) in [5, 5.41) is 0. The van der Waals surface area contributed by atoms with Gasteiger partial charge in [-0.3, -0.25) is 0 Å². The highest BCUT2D eigenvalue weighted by Gasteiger charge is 2.16. The van der Waals surface area contributed by atoms with Gasteiger partial charge in [0.15, 0.2) is 0 Å². The van der Waals surface area contributed by atoms with Crippen LogP contribution in [0.15, 0.2) is 13.2 Å². The van der Waals surface area contributed by atoms with E-state index in [4.69, 9.17) is 0 Å². The minimum Gasteiger partial charge on any atom is -0.457 e. The molecule has 0 aliphatic heterocycles. The fourth-order valence-electron chi connectivity index (χ4n) is 0.736. The highest BCUT2D eigenvalue weighted by Crippen LogP contribution is 1.93. The lowest BCUT2D eigenvalue weighted by molar-refractivity contribution is -0.167. The molecule has 94 valence electrons. The molecule has 0 amide bonds. The minimum atomic E-state index is -0.880. The molecule has 0 aromatic heterocycles. The zero-order chi connectivity index (χ0) is 12.8. The topological polar surface area (TPSA) is 52.6 Å². The fraction of sp³-hybridized carbons (Fsp3) is 0.667. The van der Waals surface area contributed by atoms with Gasteiger partial charge in [-0.1, -0.05) is 26.7 Å². The summed E-state index contributed by atoms with van der Waals surface area (Å²) in [5.41, 5.74) is 0. The molecule has 0 N–H and O–H groups in total. The second kappa shape index (κ2) is 13.7. The maximum absolute atomic E-state index is 10.9. The van der Waals surface area contributed by atoms with E-state index in [0.29, 0.717) is 0 Å². The highest BCUT2D eigenvalue weighted by atomic mass is 16.6. The van der Waals surface area contributed by atoms with Crippen molar-refractivity contribution in [2.24, 2.45) is 0 Å². The third kappa shape index (κ3) is 10.8. The normalized spacial score (nSPS) is 8.62. The number of carbonyl (C=O) groups excluding carboxylic acids is 2. The van der Waals surface area contributed by atoms with Crippen LogP contribution in [0.5, 0.6) is 0 Å². The summed E-state index contributed by atoms with van der Waals surface area (Å²) in [6.07, 6.45) is 3.40. The maximum atomic E-state index is 10.9. The number of hydrogen-bond acceptors (Lipinski definition) is 4. The second-order valence-corrected chi connectivity index (χ2v) is 2.98. The molecule has 0 fully saturated rings. The lowest BCUT2D eigenvalue weighted by atomic mass is 10.4. The van der Waals surface area contributed by atoms with Gasteiger partial charge in [-0.15, -0.1) is 13.2 Å². The maximum Gasteiger partial charge on any atom is 0.417 e. The summed E-state index contributed by atoms with van der Waals surface area (Å²) in [7, 11) is 0. The van der Waals surface area contributed by atoms with Crippen molar-refractivity contribution in [2.45, 2.75) is 39.5 Å². The molecule has 0 heterocycles. The first-order valence-electron chi connectivity index (χ1n) is 5.56. The number of rotatable bonds is 6. The number of hydrogen-bond donors (Lipinski definition) is 0. The van der Waals surface area contributed by atoms with Gasteiger partial charge in [-0.25, -0.2) is 9.59 Å². The van der Waals surface area contributed by atoms with Crippen molar-refractivity contribution in [1.29, 1.82) is 0 Å². The number of esters is 2. The van der Waals surface area contributed by atoms with Crippen LogP contribution in [0.25, 0.3) is 0 Å². The molecule has 0 aliphatic carbocycles. The van der Waals surface area contributed by atoms with E-state index in [0.717, 1.165) is 25.7 Å². The van der Waals surface area contributed by atoms with Crippen molar-refractivity contribution in [1.82, 2.24) is 0 Å². The van der Waals surface area contributed by atoms with E-state index in [9.17, 15) is 9.59 Å². The summed E-state index contributed by atoms with van der Waals surface area (Å²) in [4.78, 5) is 21.8. The van der Waals surface area contributed by atoms with Crippen LogP contribution < -0.4 is 0 Å². The van der Waals surface area contributed by atoms with Crippen molar-refractivity contribution in [3.8, 4) is 0 Å². The third-order valence-electron chi connectivity index (χ3n) is 1.63. The molecule has 0 spiro atoms. The molecule has 0 saturated carbocycles. The van der Waals surface area contributed by atoms with E-state index >= 15 is 0 Å². The average Bonchev–Trinajstić information content (AvgIpc) is 2.32. The van der Waals surface area contributed by atoms with Crippen LogP contribution in [-0.2, 0) is 19.1 Å². The van der Waals surface area contributed by atoms with Gasteiger partial charge in [0.1, 0.15) is 0 Å². The standard InChI is InChI=1S/C10H18O4.C2H4/c1-3-5-7-13-9(11)10(12)14-8-6-4-2;1-2/h3-8H2,1-2H3;1-2H2. The van der Waals surface area contributed by atoms with Crippen molar-refractivity contribution in [3.05, 3.63) is 13.2 Å². The summed E-state index contributed by atoms with van der Waals surface area (Å²) in [5.74, 6) is -1.76. The van der Waals surface area contributed by atoms with E-state index in [1.54, 1.807) is 0 Å². The summed E-state index contributed by atoms with van der Waals surface area (Å²) in [6.45, 7) is 10.5. The predicted molar refractivity (Wildman–Crippen MR) is 63.0 cm³/mol. The van der Waals surface area contributed by atoms with Crippen LogP contribution >= 0.6 is 0 Å². The zero-order valence-electron chi connectivity index (χ0n) is 10.3. The molecule has 0 aliphatic rings. The number of carbonyl (C=O) groups is 2. The van der Waals surface area contributed by atoms with Gasteiger partial charge in [-0.05, 0) is 12.8 Å². The van der Waals surface area contributed by atoms with E-state index < -0.39 is 11.9 Å². The van der Waals surface area contributed by atoms with Gasteiger partial charge in [-0.2, -0.15) is 0 Å². The highest BCUT2D eigenvalue weighted by molar-refractivity contribution is 6.29. The SMILES string of the molecule is C=C.CCCCOC(=O)C(=O)OCCCC. The Kier molecular flexibility index (Phi) is 14.6. The second-order valence-electron chi connectivity index (χ2n) is 2.98. The number of unbranched alkanes of at least 4 members (excludes halogenated alkanes) is 2. The molecule has 0 atom stereocenters. The van der Waals surface area contributed by atoms with Crippen LogP contribution in [0.4, 0.5) is 0 Å². The number of ether oxygens (including phenoxy) is 2. The Balaban J connectivity index is 0. The Bertz CT molecular complexity index is 169. The fourth-order valence-corrected chi connectivity index (χ4v) is 0.736. The largest absolute Gasteiger partial charge is 0.457 e. The summed E-state index contributed by atoms with van der Waals surface area (Å²) >= 11 is 0. The lowest BCUT2D eigenvalue weighted by Crippen LogP contribution is -2.21. The molecule has 0 aromatic carbocycles. The quantitative estimate of drug-likeness (QED) is 0.304. The van der Waals surface area contributed by atoms with E-state index in [-0.39, 0.29) is 13.2 Å². The molecule has 16 heavy (non-hydrogen) atoms. The van der Waals surface area contributed by atoms with Crippen LogP contribution in [0, 0.1) is 0 Å². The first-order chi connectivity index (χ1) is 7.72. The Morgan fingerprint density at radius 2 is 1.19 bits per heavy atom. The molecular formula is C12H22O4. The van der Waals surface area contributed by atoms with Crippen LogP contribution in [0.2, 0.25) is 0 Å². The molecule has 4 nitrogen and oxygen atoms in total. The Hall–Kier alpha value is -1.32. The molecule has 0 saturated heterocycles. The average molecular weight is 230 g/mol. The van der Waals surface area contributed by atoms with Crippen molar-refractivity contribution in [2.75, 3.05) is 13.2 Å². The monoisotopic (exact) mass is 230 g/mol. The van der Waals surface area contributed by atoms with Crippen molar-refractivity contribution >= 4 is 11.9 Å². The van der Waals surface area contributed by atoms with Crippen LogP contribution in [-0.4, -0.2) is 25.2 Å². The van der Waals surface area contributed by atoms with Gasteiger partial charge in [0.2, 0.25) is 0 Å². The van der Waals surface area contributed by atoms with Crippen molar-refractivity contribution in [3.63, 3.8) is 0 Å². The summed E-state index contributed by atoms with van der Waals surface area (Å²) < 4.78 is 9.32. The Morgan fingerprint density at radius 3 is 1.44 bits per heavy atom. The first kappa shape index (κ1) is 17.1. The van der Waals surface area contributed by atoms with E-state index in [1.807, 2.05) is 13.8 Å². The third-order valence-corrected chi connectivity index (χ3v) is 1.63. The zero-order valence-corrected chi connectivity index (χ0v) is 10.3.